The van der Waals surface area contributed by atoms with E-state index in [2.05, 4.69) is 0 Å². The maximum atomic E-state index is 8.52. The van der Waals surface area contributed by atoms with Crippen LogP contribution < -0.4 is 0 Å². The molecular weight excluding hydrogens is 195 g/mol. The van der Waals surface area contributed by atoms with Crippen LogP contribution in [0.1, 0.15) is 5.56 Å². The van der Waals surface area contributed by atoms with E-state index in [-0.39, 0.29) is 6.61 Å². The van der Waals surface area contributed by atoms with Gasteiger partial charge in [0.15, 0.2) is 0 Å². The second kappa shape index (κ2) is 4.51. The molecular formula is C9H8Cl2O. The second-order valence-electron chi connectivity index (χ2n) is 2.25. The number of hydrogen-bond acceptors (Lipinski definition) is 1. The van der Waals surface area contributed by atoms with Crippen molar-refractivity contribution in [3.05, 3.63) is 39.9 Å². The standard InChI is InChI=1S/C9H8Cl2O/c10-8-4-3-7(2-1-5-12)9(11)6-8/h1-4,6,12H,5H2. The lowest BCUT2D eigenvalue weighted by molar-refractivity contribution is 0.343. The van der Waals surface area contributed by atoms with E-state index in [1.54, 1.807) is 30.4 Å². The molecule has 3 heteroatoms. The van der Waals surface area contributed by atoms with Crippen LogP contribution in [0.2, 0.25) is 10.0 Å². The summed E-state index contributed by atoms with van der Waals surface area (Å²) in [6.45, 7) is 0.0129. The Balaban J connectivity index is 2.94. The van der Waals surface area contributed by atoms with Gasteiger partial charge < -0.3 is 5.11 Å². The van der Waals surface area contributed by atoms with E-state index in [4.69, 9.17) is 28.3 Å². The Labute approximate surface area is 81.2 Å². The van der Waals surface area contributed by atoms with E-state index in [1.807, 2.05) is 0 Å². The summed E-state index contributed by atoms with van der Waals surface area (Å²) in [4.78, 5) is 0. The molecule has 12 heavy (non-hydrogen) atoms. The smallest absolute Gasteiger partial charge is 0.0615 e. The van der Waals surface area contributed by atoms with E-state index in [0.717, 1.165) is 5.56 Å². The highest BCUT2D eigenvalue weighted by molar-refractivity contribution is 6.35. The van der Waals surface area contributed by atoms with Gasteiger partial charge in [-0.3, -0.25) is 0 Å². The van der Waals surface area contributed by atoms with Crippen molar-refractivity contribution >= 4 is 29.3 Å². The van der Waals surface area contributed by atoms with Crippen LogP contribution in [0, 0.1) is 0 Å². The van der Waals surface area contributed by atoms with Crippen LogP contribution in [-0.2, 0) is 0 Å². The van der Waals surface area contributed by atoms with Crippen LogP contribution in [0.15, 0.2) is 24.3 Å². The molecule has 1 aromatic carbocycles. The minimum Gasteiger partial charge on any atom is -0.392 e. The summed E-state index contributed by atoms with van der Waals surface area (Å²) in [6.07, 6.45) is 3.37. The lowest BCUT2D eigenvalue weighted by Crippen LogP contribution is -1.76. The first-order chi connectivity index (χ1) is 5.74. The van der Waals surface area contributed by atoms with Gasteiger partial charge in [0, 0.05) is 10.0 Å². The van der Waals surface area contributed by atoms with Crippen molar-refractivity contribution in [1.82, 2.24) is 0 Å². The van der Waals surface area contributed by atoms with Gasteiger partial charge in [0.1, 0.15) is 0 Å². The predicted octanol–water partition coefficient (Wildman–Crippen LogP) is 3.00. The molecule has 0 aliphatic rings. The summed E-state index contributed by atoms with van der Waals surface area (Å²) in [5.41, 5.74) is 0.857. The Morgan fingerprint density at radius 1 is 1.33 bits per heavy atom. The molecule has 0 bridgehead atoms. The largest absolute Gasteiger partial charge is 0.392 e. The van der Waals surface area contributed by atoms with Gasteiger partial charge in [0.25, 0.3) is 0 Å². The number of hydrogen-bond donors (Lipinski definition) is 1. The molecule has 1 rings (SSSR count). The Bertz CT molecular complexity index is 295. The molecule has 0 aliphatic carbocycles. The minimum atomic E-state index is 0.0129. The van der Waals surface area contributed by atoms with Crippen molar-refractivity contribution < 1.29 is 5.11 Å². The van der Waals surface area contributed by atoms with Crippen LogP contribution in [0.25, 0.3) is 6.08 Å². The first-order valence-corrected chi connectivity index (χ1v) is 4.22. The minimum absolute atomic E-state index is 0.0129. The van der Waals surface area contributed by atoms with Gasteiger partial charge in [-0.15, -0.1) is 0 Å². The number of aliphatic hydroxyl groups excluding tert-OH is 1. The van der Waals surface area contributed by atoms with Gasteiger partial charge in [0.05, 0.1) is 6.61 Å². The van der Waals surface area contributed by atoms with Crippen LogP contribution >= 0.6 is 23.2 Å². The van der Waals surface area contributed by atoms with Gasteiger partial charge in [-0.2, -0.15) is 0 Å². The Morgan fingerprint density at radius 2 is 2.08 bits per heavy atom. The zero-order valence-electron chi connectivity index (χ0n) is 6.30. The lowest BCUT2D eigenvalue weighted by Gasteiger charge is -1.97. The van der Waals surface area contributed by atoms with Crippen molar-refractivity contribution in [2.45, 2.75) is 0 Å². The molecule has 0 unspecified atom stereocenters. The van der Waals surface area contributed by atoms with Gasteiger partial charge in [-0.05, 0) is 17.7 Å². The average molecular weight is 203 g/mol. The SMILES string of the molecule is OCC=Cc1ccc(Cl)cc1Cl. The molecule has 1 aromatic rings. The summed E-state index contributed by atoms with van der Waals surface area (Å²) >= 11 is 11.5. The average Bonchev–Trinajstić information content (AvgIpc) is 2.03. The highest BCUT2D eigenvalue weighted by Crippen LogP contribution is 2.21. The van der Waals surface area contributed by atoms with Crippen LogP contribution in [0.3, 0.4) is 0 Å². The van der Waals surface area contributed by atoms with E-state index in [1.165, 1.54) is 0 Å². The molecule has 0 aliphatic heterocycles. The maximum Gasteiger partial charge on any atom is 0.0615 e. The van der Waals surface area contributed by atoms with Crippen molar-refractivity contribution in [3.8, 4) is 0 Å². The van der Waals surface area contributed by atoms with Crippen LogP contribution in [0.5, 0.6) is 0 Å². The summed E-state index contributed by atoms with van der Waals surface area (Å²) in [7, 11) is 0. The Hall–Kier alpha value is -0.500. The quantitative estimate of drug-likeness (QED) is 0.783. The summed E-state index contributed by atoms with van der Waals surface area (Å²) in [5.74, 6) is 0. The molecule has 0 saturated carbocycles. The second-order valence-corrected chi connectivity index (χ2v) is 3.09. The molecule has 0 amide bonds. The number of benzene rings is 1. The van der Waals surface area contributed by atoms with E-state index in [0.29, 0.717) is 10.0 Å². The van der Waals surface area contributed by atoms with Crippen LogP contribution in [0.4, 0.5) is 0 Å². The lowest BCUT2D eigenvalue weighted by atomic mass is 10.2. The normalized spacial score (nSPS) is 10.9. The van der Waals surface area contributed by atoms with Crippen molar-refractivity contribution in [2.24, 2.45) is 0 Å². The molecule has 0 heterocycles. The van der Waals surface area contributed by atoms with E-state index in [9.17, 15) is 0 Å². The summed E-state index contributed by atoms with van der Waals surface area (Å²) < 4.78 is 0. The third-order valence-corrected chi connectivity index (χ3v) is 1.93. The molecule has 0 fully saturated rings. The highest BCUT2D eigenvalue weighted by Gasteiger charge is 1.95. The van der Waals surface area contributed by atoms with Gasteiger partial charge in [-0.1, -0.05) is 41.4 Å². The van der Waals surface area contributed by atoms with Crippen LogP contribution in [-0.4, -0.2) is 11.7 Å². The van der Waals surface area contributed by atoms with Gasteiger partial charge >= 0.3 is 0 Å². The Morgan fingerprint density at radius 3 is 2.67 bits per heavy atom. The zero-order chi connectivity index (χ0) is 8.97. The fourth-order valence-corrected chi connectivity index (χ4v) is 1.29. The molecule has 0 spiro atoms. The molecule has 1 N–H and O–H groups in total. The molecule has 0 aromatic heterocycles. The van der Waals surface area contributed by atoms with Crippen molar-refractivity contribution in [1.29, 1.82) is 0 Å². The Kier molecular flexibility index (Phi) is 3.60. The first-order valence-electron chi connectivity index (χ1n) is 3.46. The topological polar surface area (TPSA) is 20.2 Å². The third kappa shape index (κ3) is 2.52. The van der Waals surface area contributed by atoms with Gasteiger partial charge in [0.2, 0.25) is 0 Å². The third-order valence-electron chi connectivity index (χ3n) is 1.37. The van der Waals surface area contributed by atoms with Crippen molar-refractivity contribution in [3.63, 3.8) is 0 Å². The van der Waals surface area contributed by atoms with E-state index >= 15 is 0 Å². The number of aliphatic hydroxyl groups is 1. The highest BCUT2D eigenvalue weighted by atomic mass is 35.5. The zero-order valence-corrected chi connectivity index (χ0v) is 7.81. The maximum absolute atomic E-state index is 8.52. The molecule has 1 nitrogen and oxygen atoms in total. The fraction of sp³-hybridized carbons (Fsp3) is 0.111. The van der Waals surface area contributed by atoms with E-state index < -0.39 is 0 Å². The molecule has 0 atom stereocenters. The number of rotatable bonds is 2. The van der Waals surface area contributed by atoms with Crippen molar-refractivity contribution in [2.75, 3.05) is 6.61 Å². The molecule has 0 radical (unpaired) electrons. The predicted molar refractivity (Wildman–Crippen MR) is 52.6 cm³/mol. The summed E-state index contributed by atoms with van der Waals surface area (Å²) in [6, 6.07) is 5.22. The fourth-order valence-electron chi connectivity index (χ4n) is 0.816. The summed E-state index contributed by atoms with van der Waals surface area (Å²) in [5, 5.41) is 9.72. The monoisotopic (exact) mass is 202 g/mol. The van der Waals surface area contributed by atoms with Gasteiger partial charge in [-0.25, -0.2) is 0 Å². The number of halogens is 2. The first kappa shape index (κ1) is 9.59. The molecule has 64 valence electrons. The molecule has 0 saturated heterocycles.